The van der Waals surface area contributed by atoms with E-state index in [-0.39, 0.29) is 24.2 Å². The number of nitrogens with one attached hydrogen (secondary N) is 1. The lowest BCUT2D eigenvalue weighted by Gasteiger charge is -2.23. The maximum atomic E-state index is 11.8. The SMILES string of the molecule is COC1CNC(C(=O)OC2CCCCC2)C1. The Balaban J connectivity index is 1.75. The van der Waals surface area contributed by atoms with E-state index in [4.69, 9.17) is 9.47 Å². The highest BCUT2D eigenvalue weighted by Crippen LogP contribution is 2.21. The number of methoxy groups -OCH3 is 1. The molecule has 1 N–H and O–H groups in total. The summed E-state index contributed by atoms with van der Waals surface area (Å²) in [6.45, 7) is 0.751. The first-order valence-corrected chi connectivity index (χ1v) is 6.26. The van der Waals surface area contributed by atoms with Crippen LogP contribution in [0.25, 0.3) is 0 Å². The van der Waals surface area contributed by atoms with Gasteiger partial charge in [0, 0.05) is 20.1 Å². The minimum absolute atomic E-state index is 0.0912. The molecular weight excluding hydrogens is 206 g/mol. The molecule has 2 atom stereocenters. The maximum Gasteiger partial charge on any atom is 0.323 e. The van der Waals surface area contributed by atoms with Gasteiger partial charge in [0.25, 0.3) is 0 Å². The highest BCUT2D eigenvalue weighted by molar-refractivity contribution is 5.76. The van der Waals surface area contributed by atoms with Crippen LogP contribution in [0.5, 0.6) is 0 Å². The second-order valence-electron chi connectivity index (χ2n) is 4.75. The molecule has 0 bridgehead atoms. The maximum absolute atomic E-state index is 11.8. The predicted molar refractivity (Wildman–Crippen MR) is 60.2 cm³/mol. The summed E-state index contributed by atoms with van der Waals surface area (Å²) in [4.78, 5) is 11.8. The van der Waals surface area contributed by atoms with Gasteiger partial charge >= 0.3 is 5.97 Å². The van der Waals surface area contributed by atoms with Crippen molar-refractivity contribution in [2.45, 2.75) is 56.8 Å². The second kappa shape index (κ2) is 5.64. The minimum Gasteiger partial charge on any atom is -0.461 e. The molecule has 2 unspecified atom stereocenters. The third-order valence-electron chi connectivity index (χ3n) is 3.54. The van der Waals surface area contributed by atoms with E-state index in [1.807, 2.05) is 0 Å². The van der Waals surface area contributed by atoms with Gasteiger partial charge in [-0.15, -0.1) is 0 Å². The molecule has 1 saturated heterocycles. The second-order valence-corrected chi connectivity index (χ2v) is 4.75. The van der Waals surface area contributed by atoms with Crippen LogP contribution in [-0.2, 0) is 14.3 Å². The van der Waals surface area contributed by atoms with Gasteiger partial charge in [-0.25, -0.2) is 0 Å². The predicted octanol–water partition coefficient (Wildman–Crippen LogP) is 1.24. The van der Waals surface area contributed by atoms with Gasteiger partial charge in [0.05, 0.1) is 6.10 Å². The Hall–Kier alpha value is -0.610. The van der Waals surface area contributed by atoms with Crippen molar-refractivity contribution in [2.24, 2.45) is 0 Å². The number of carbonyl (C=O) groups is 1. The molecular formula is C12H21NO3. The van der Waals surface area contributed by atoms with Crippen molar-refractivity contribution in [1.82, 2.24) is 5.32 Å². The van der Waals surface area contributed by atoms with Crippen LogP contribution in [0.3, 0.4) is 0 Å². The summed E-state index contributed by atoms with van der Waals surface area (Å²) in [7, 11) is 1.68. The quantitative estimate of drug-likeness (QED) is 0.737. The molecule has 0 radical (unpaired) electrons. The number of hydrogen-bond donors (Lipinski definition) is 1. The molecule has 16 heavy (non-hydrogen) atoms. The van der Waals surface area contributed by atoms with Crippen molar-refractivity contribution in [1.29, 1.82) is 0 Å². The lowest BCUT2D eigenvalue weighted by Crippen LogP contribution is -2.35. The Kier molecular flexibility index (Phi) is 4.18. The lowest BCUT2D eigenvalue weighted by molar-refractivity contribution is -0.152. The van der Waals surface area contributed by atoms with Crippen molar-refractivity contribution in [3.63, 3.8) is 0 Å². The number of rotatable bonds is 3. The van der Waals surface area contributed by atoms with Crippen LogP contribution in [-0.4, -0.2) is 37.9 Å². The summed E-state index contributed by atoms with van der Waals surface area (Å²) in [5.41, 5.74) is 0. The van der Waals surface area contributed by atoms with Gasteiger partial charge in [0.1, 0.15) is 12.1 Å². The smallest absolute Gasteiger partial charge is 0.323 e. The third kappa shape index (κ3) is 2.95. The first-order chi connectivity index (χ1) is 7.79. The van der Waals surface area contributed by atoms with Crippen LogP contribution in [0.4, 0.5) is 0 Å². The summed E-state index contributed by atoms with van der Waals surface area (Å²) in [5, 5.41) is 3.15. The summed E-state index contributed by atoms with van der Waals surface area (Å²) >= 11 is 0. The van der Waals surface area contributed by atoms with Crippen molar-refractivity contribution < 1.29 is 14.3 Å². The van der Waals surface area contributed by atoms with E-state index in [0.29, 0.717) is 0 Å². The van der Waals surface area contributed by atoms with Crippen LogP contribution >= 0.6 is 0 Å². The molecule has 0 aromatic rings. The van der Waals surface area contributed by atoms with E-state index in [1.54, 1.807) is 7.11 Å². The molecule has 1 aliphatic carbocycles. The first kappa shape index (κ1) is 11.9. The van der Waals surface area contributed by atoms with Gasteiger partial charge in [-0.3, -0.25) is 4.79 Å². The summed E-state index contributed by atoms with van der Waals surface area (Å²) in [5.74, 6) is -0.0912. The van der Waals surface area contributed by atoms with E-state index >= 15 is 0 Å². The normalized spacial score (nSPS) is 31.6. The average molecular weight is 227 g/mol. The van der Waals surface area contributed by atoms with E-state index in [0.717, 1.165) is 25.8 Å². The van der Waals surface area contributed by atoms with E-state index in [2.05, 4.69) is 5.32 Å². The number of carbonyl (C=O) groups excluding carboxylic acids is 1. The zero-order valence-electron chi connectivity index (χ0n) is 9.91. The molecule has 1 aliphatic heterocycles. The molecule has 4 heteroatoms. The number of esters is 1. The van der Waals surface area contributed by atoms with Crippen LogP contribution < -0.4 is 5.32 Å². The molecule has 0 aromatic heterocycles. The van der Waals surface area contributed by atoms with Crippen molar-refractivity contribution in [2.75, 3.05) is 13.7 Å². The average Bonchev–Trinajstić information content (AvgIpc) is 2.79. The zero-order valence-corrected chi connectivity index (χ0v) is 9.91. The van der Waals surface area contributed by atoms with Crippen molar-refractivity contribution in [3.8, 4) is 0 Å². The summed E-state index contributed by atoms with van der Waals surface area (Å²) in [6.07, 6.45) is 6.78. The molecule has 2 fully saturated rings. The van der Waals surface area contributed by atoms with Gasteiger partial charge in [-0.1, -0.05) is 6.42 Å². The molecule has 1 saturated carbocycles. The fourth-order valence-corrected chi connectivity index (χ4v) is 2.49. The van der Waals surface area contributed by atoms with Gasteiger partial charge < -0.3 is 14.8 Å². The molecule has 0 amide bonds. The Morgan fingerprint density at radius 1 is 1.19 bits per heavy atom. The largest absolute Gasteiger partial charge is 0.461 e. The highest BCUT2D eigenvalue weighted by atomic mass is 16.5. The Morgan fingerprint density at radius 3 is 2.56 bits per heavy atom. The lowest BCUT2D eigenvalue weighted by atomic mass is 9.98. The highest BCUT2D eigenvalue weighted by Gasteiger charge is 2.32. The van der Waals surface area contributed by atoms with Gasteiger partial charge in [0.2, 0.25) is 0 Å². The molecule has 1 heterocycles. The molecule has 4 nitrogen and oxygen atoms in total. The topological polar surface area (TPSA) is 47.6 Å². The third-order valence-corrected chi connectivity index (χ3v) is 3.54. The number of ether oxygens (including phenoxy) is 2. The minimum atomic E-state index is -0.160. The molecule has 2 aliphatic rings. The Bertz CT molecular complexity index is 238. The van der Waals surface area contributed by atoms with Gasteiger partial charge in [-0.2, -0.15) is 0 Å². The van der Waals surface area contributed by atoms with Crippen LogP contribution in [0.15, 0.2) is 0 Å². The molecule has 0 spiro atoms. The van der Waals surface area contributed by atoms with Gasteiger partial charge in [0.15, 0.2) is 0 Å². The van der Waals surface area contributed by atoms with Gasteiger partial charge in [-0.05, 0) is 25.7 Å². The van der Waals surface area contributed by atoms with Crippen molar-refractivity contribution in [3.05, 3.63) is 0 Å². The van der Waals surface area contributed by atoms with Crippen LogP contribution in [0, 0.1) is 0 Å². The van der Waals surface area contributed by atoms with E-state index in [1.165, 1.54) is 19.3 Å². The summed E-state index contributed by atoms with van der Waals surface area (Å²) in [6, 6.07) is -0.160. The monoisotopic (exact) mass is 227 g/mol. The van der Waals surface area contributed by atoms with Crippen LogP contribution in [0.2, 0.25) is 0 Å². The molecule has 2 rings (SSSR count). The zero-order chi connectivity index (χ0) is 11.4. The summed E-state index contributed by atoms with van der Waals surface area (Å²) < 4.78 is 10.7. The molecule has 0 aromatic carbocycles. The van der Waals surface area contributed by atoms with E-state index in [9.17, 15) is 4.79 Å². The fraction of sp³-hybridized carbons (Fsp3) is 0.917. The molecule has 92 valence electrons. The Labute approximate surface area is 96.7 Å². The standard InChI is InChI=1S/C12H21NO3/c1-15-10-7-11(13-8-10)12(14)16-9-5-3-2-4-6-9/h9-11,13H,2-8H2,1H3. The number of hydrogen-bond acceptors (Lipinski definition) is 4. The fourth-order valence-electron chi connectivity index (χ4n) is 2.49. The Morgan fingerprint density at radius 2 is 1.94 bits per heavy atom. The van der Waals surface area contributed by atoms with E-state index < -0.39 is 0 Å². The first-order valence-electron chi connectivity index (χ1n) is 6.26. The van der Waals surface area contributed by atoms with Crippen molar-refractivity contribution >= 4 is 5.97 Å². The van der Waals surface area contributed by atoms with Crippen LogP contribution in [0.1, 0.15) is 38.5 Å².